The summed E-state index contributed by atoms with van der Waals surface area (Å²) in [5.74, 6) is -1.07. The van der Waals surface area contributed by atoms with Gasteiger partial charge in [-0.15, -0.1) is 0 Å². The van der Waals surface area contributed by atoms with Crippen molar-refractivity contribution in [3.63, 3.8) is 0 Å². The molecule has 1 aromatic rings. The van der Waals surface area contributed by atoms with Crippen molar-refractivity contribution in [1.29, 1.82) is 0 Å². The zero-order valence-corrected chi connectivity index (χ0v) is 10.6. The standard InChI is InChI=1S/C9H15N3O4S/c1-6-7(4-10-12-6)17(15,16)11-5-9(2,3)8(13)14/h4,11H,5H2,1-3H3,(H,10,12)(H,13,14). The fourth-order valence-electron chi connectivity index (χ4n) is 1.04. The first-order chi connectivity index (χ1) is 7.67. The average molecular weight is 261 g/mol. The predicted molar refractivity (Wildman–Crippen MR) is 59.9 cm³/mol. The minimum absolute atomic E-state index is 0.0266. The Labute approximate surface area is 99.3 Å². The molecule has 0 amide bonds. The first-order valence-corrected chi connectivity index (χ1v) is 6.38. The molecule has 0 atom stereocenters. The Morgan fingerprint density at radius 3 is 2.59 bits per heavy atom. The van der Waals surface area contributed by atoms with Crippen molar-refractivity contribution in [1.82, 2.24) is 14.9 Å². The van der Waals surface area contributed by atoms with Crippen molar-refractivity contribution in [3.05, 3.63) is 11.9 Å². The quantitative estimate of drug-likeness (QED) is 0.696. The molecule has 0 aliphatic heterocycles. The molecule has 0 aliphatic rings. The number of aryl methyl sites for hydroxylation is 1. The summed E-state index contributed by atoms with van der Waals surface area (Å²) in [6, 6.07) is 0. The van der Waals surface area contributed by atoms with Crippen molar-refractivity contribution in [2.45, 2.75) is 25.7 Å². The summed E-state index contributed by atoms with van der Waals surface area (Å²) >= 11 is 0. The summed E-state index contributed by atoms with van der Waals surface area (Å²) in [5.41, 5.74) is -0.754. The number of aromatic nitrogens is 2. The van der Waals surface area contributed by atoms with Gasteiger partial charge in [0.05, 0.1) is 17.3 Å². The first-order valence-electron chi connectivity index (χ1n) is 4.90. The van der Waals surface area contributed by atoms with Gasteiger partial charge in [-0.05, 0) is 20.8 Å². The van der Waals surface area contributed by atoms with Gasteiger partial charge >= 0.3 is 5.97 Å². The van der Waals surface area contributed by atoms with Crippen molar-refractivity contribution < 1.29 is 18.3 Å². The normalized spacial score (nSPS) is 12.6. The molecule has 0 spiro atoms. The summed E-state index contributed by atoms with van der Waals surface area (Å²) in [4.78, 5) is 10.9. The van der Waals surface area contributed by atoms with E-state index in [4.69, 9.17) is 5.11 Å². The lowest BCUT2D eigenvalue weighted by atomic mass is 9.95. The van der Waals surface area contributed by atoms with Crippen LogP contribution >= 0.6 is 0 Å². The van der Waals surface area contributed by atoms with Crippen LogP contribution in [0.2, 0.25) is 0 Å². The van der Waals surface area contributed by atoms with Crippen LogP contribution in [0.15, 0.2) is 11.1 Å². The number of aliphatic carboxylic acids is 1. The SMILES string of the molecule is Cc1[nH]ncc1S(=O)(=O)NCC(C)(C)C(=O)O. The van der Waals surface area contributed by atoms with Gasteiger partial charge in [-0.3, -0.25) is 9.89 Å². The molecule has 0 saturated heterocycles. The highest BCUT2D eigenvalue weighted by Gasteiger charge is 2.30. The Morgan fingerprint density at radius 2 is 2.18 bits per heavy atom. The van der Waals surface area contributed by atoms with Crippen LogP contribution in [0.1, 0.15) is 19.5 Å². The fraction of sp³-hybridized carbons (Fsp3) is 0.556. The van der Waals surface area contributed by atoms with Gasteiger partial charge in [0.1, 0.15) is 4.90 Å². The third-order valence-electron chi connectivity index (χ3n) is 2.36. The maximum absolute atomic E-state index is 11.8. The predicted octanol–water partition coefficient (Wildman–Crippen LogP) is 0.107. The number of nitrogens with zero attached hydrogens (tertiary/aromatic N) is 1. The van der Waals surface area contributed by atoms with Gasteiger partial charge < -0.3 is 5.11 Å². The van der Waals surface area contributed by atoms with E-state index in [0.29, 0.717) is 5.69 Å². The van der Waals surface area contributed by atoms with E-state index < -0.39 is 21.4 Å². The number of carboxylic acid groups (broad SMARTS) is 1. The molecule has 0 radical (unpaired) electrons. The van der Waals surface area contributed by atoms with Crippen molar-refractivity contribution >= 4 is 16.0 Å². The highest BCUT2D eigenvalue weighted by Crippen LogP contribution is 2.16. The van der Waals surface area contributed by atoms with Crippen LogP contribution in [0, 0.1) is 12.3 Å². The molecule has 96 valence electrons. The Morgan fingerprint density at radius 1 is 1.59 bits per heavy atom. The van der Waals surface area contributed by atoms with Crippen LogP contribution in [0.4, 0.5) is 0 Å². The summed E-state index contributed by atoms with van der Waals surface area (Å²) in [5, 5.41) is 15.0. The molecule has 0 bridgehead atoms. The van der Waals surface area contributed by atoms with Crippen LogP contribution in [-0.4, -0.2) is 36.2 Å². The molecule has 0 saturated carbocycles. The Balaban J connectivity index is 2.83. The molecule has 7 nitrogen and oxygen atoms in total. The number of carbonyl (C=O) groups is 1. The van der Waals surface area contributed by atoms with E-state index in [1.807, 2.05) is 0 Å². The zero-order valence-electron chi connectivity index (χ0n) is 9.81. The molecule has 0 aliphatic carbocycles. The lowest BCUT2D eigenvalue weighted by Gasteiger charge is -2.19. The summed E-state index contributed by atoms with van der Waals surface area (Å²) < 4.78 is 25.9. The van der Waals surface area contributed by atoms with E-state index in [1.54, 1.807) is 6.92 Å². The second-order valence-corrected chi connectivity index (χ2v) is 6.11. The monoisotopic (exact) mass is 261 g/mol. The topological polar surface area (TPSA) is 112 Å². The summed E-state index contributed by atoms with van der Waals surface area (Å²) in [7, 11) is -3.72. The molecule has 0 unspecified atom stereocenters. The van der Waals surface area contributed by atoms with Gasteiger partial charge in [-0.25, -0.2) is 13.1 Å². The summed E-state index contributed by atoms with van der Waals surface area (Å²) in [6.07, 6.45) is 1.19. The van der Waals surface area contributed by atoms with Gasteiger partial charge in [0, 0.05) is 6.54 Å². The van der Waals surface area contributed by atoms with Crippen LogP contribution in [0.5, 0.6) is 0 Å². The van der Waals surface area contributed by atoms with E-state index in [-0.39, 0.29) is 11.4 Å². The third kappa shape index (κ3) is 3.04. The van der Waals surface area contributed by atoms with Crippen molar-refractivity contribution in [2.75, 3.05) is 6.54 Å². The molecule has 1 aromatic heterocycles. The van der Waals surface area contributed by atoms with Crippen molar-refractivity contribution in [3.8, 4) is 0 Å². The zero-order chi connectivity index (χ0) is 13.3. The number of H-pyrrole nitrogens is 1. The number of nitrogens with one attached hydrogen (secondary N) is 2. The second-order valence-electron chi connectivity index (χ2n) is 4.37. The number of hydrogen-bond acceptors (Lipinski definition) is 4. The van der Waals surface area contributed by atoms with E-state index in [9.17, 15) is 13.2 Å². The molecule has 0 aromatic carbocycles. The van der Waals surface area contributed by atoms with E-state index in [2.05, 4.69) is 14.9 Å². The van der Waals surface area contributed by atoms with Gasteiger partial charge in [-0.1, -0.05) is 0 Å². The van der Waals surface area contributed by atoms with Gasteiger partial charge in [-0.2, -0.15) is 5.10 Å². The number of aromatic amines is 1. The number of carboxylic acids is 1. The van der Waals surface area contributed by atoms with Gasteiger partial charge in [0.2, 0.25) is 10.0 Å². The minimum atomic E-state index is -3.72. The molecule has 0 fully saturated rings. The number of rotatable bonds is 5. The lowest BCUT2D eigenvalue weighted by Crippen LogP contribution is -2.38. The average Bonchev–Trinajstić information content (AvgIpc) is 2.62. The minimum Gasteiger partial charge on any atom is -0.481 e. The fourth-order valence-corrected chi connectivity index (χ4v) is 2.39. The van der Waals surface area contributed by atoms with Crippen LogP contribution in [0.3, 0.4) is 0 Å². The molecular weight excluding hydrogens is 246 g/mol. The highest BCUT2D eigenvalue weighted by atomic mass is 32.2. The number of hydrogen-bond donors (Lipinski definition) is 3. The maximum atomic E-state index is 11.8. The summed E-state index contributed by atoms with van der Waals surface area (Å²) in [6.45, 7) is 4.28. The van der Waals surface area contributed by atoms with Gasteiger partial charge in [0.15, 0.2) is 0 Å². The van der Waals surface area contributed by atoms with E-state index in [0.717, 1.165) is 0 Å². The first kappa shape index (κ1) is 13.7. The van der Waals surface area contributed by atoms with Gasteiger partial charge in [0.25, 0.3) is 0 Å². The lowest BCUT2D eigenvalue weighted by molar-refractivity contribution is -0.146. The Hall–Kier alpha value is -1.41. The second kappa shape index (κ2) is 4.46. The van der Waals surface area contributed by atoms with E-state index in [1.165, 1.54) is 20.0 Å². The Kier molecular flexibility index (Phi) is 3.58. The largest absolute Gasteiger partial charge is 0.481 e. The number of sulfonamides is 1. The third-order valence-corrected chi connectivity index (χ3v) is 3.87. The Bertz CT molecular complexity index is 518. The van der Waals surface area contributed by atoms with Crippen LogP contribution < -0.4 is 4.72 Å². The van der Waals surface area contributed by atoms with Crippen LogP contribution in [-0.2, 0) is 14.8 Å². The molecule has 1 rings (SSSR count). The van der Waals surface area contributed by atoms with Crippen molar-refractivity contribution in [2.24, 2.45) is 5.41 Å². The van der Waals surface area contributed by atoms with Crippen LogP contribution in [0.25, 0.3) is 0 Å². The smallest absolute Gasteiger partial charge is 0.310 e. The molecule has 1 heterocycles. The molecular formula is C9H15N3O4S. The van der Waals surface area contributed by atoms with E-state index >= 15 is 0 Å². The molecule has 3 N–H and O–H groups in total. The molecule has 8 heteroatoms. The maximum Gasteiger partial charge on any atom is 0.310 e. The highest BCUT2D eigenvalue weighted by molar-refractivity contribution is 7.89. The molecule has 17 heavy (non-hydrogen) atoms.